The van der Waals surface area contributed by atoms with E-state index < -0.39 is 28.7 Å². The molecule has 126 valence electrons. The minimum absolute atomic E-state index is 0.0952. The molecule has 0 heterocycles. The van der Waals surface area contributed by atoms with Gasteiger partial charge in [0, 0.05) is 11.6 Å². The minimum atomic E-state index is -4.95. The predicted octanol–water partition coefficient (Wildman–Crippen LogP) is 3.95. The van der Waals surface area contributed by atoms with Crippen molar-refractivity contribution in [3.8, 4) is 16.9 Å². The van der Waals surface area contributed by atoms with Crippen LogP contribution in [0.4, 0.5) is 18.9 Å². The summed E-state index contributed by atoms with van der Waals surface area (Å²) in [4.78, 5) is 21.9. The summed E-state index contributed by atoms with van der Waals surface area (Å²) in [6.45, 7) is 0. The second kappa shape index (κ2) is 6.57. The third-order valence-electron chi connectivity index (χ3n) is 3.02. The van der Waals surface area contributed by atoms with Crippen molar-refractivity contribution in [2.75, 3.05) is 7.11 Å². The standard InChI is InChI=1S/C15H10F3NO5/c1-23-14(20)9-6-7-10(12(8-9)19(21)22)11-4-2-3-5-13(11)24-15(16,17)18/h2-8H,1H3. The number of hydrogen-bond donors (Lipinski definition) is 0. The third kappa shape index (κ3) is 3.80. The number of carbonyl (C=O) groups excluding carboxylic acids is 1. The van der Waals surface area contributed by atoms with E-state index in [4.69, 9.17) is 0 Å². The van der Waals surface area contributed by atoms with Crippen LogP contribution in [0.15, 0.2) is 42.5 Å². The fraction of sp³-hybridized carbons (Fsp3) is 0.133. The van der Waals surface area contributed by atoms with Gasteiger partial charge in [-0.2, -0.15) is 0 Å². The van der Waals surface area contributed by atoms with E-state index in [2.05, 4.69) is 9.47 Å². The number of hydrogen-bond acceptors (Lipinski definition) is 5. The van der Waals surface area contributed by atoms with Gasteiger partial charge in [0.2, 0.25) is 0 Å². The van der Waals surface area contributed by atoms with Crippen LogP contribution in [0.25, 0.3) is 11.1 Å². The Morgan fingerprint density at radius 2 is 1.79 bits per heavy atom. The molecule has 0 saturated heterocycles. The van der Waals surface area contributed by atoms with Crippen molar-refractivity contribution in [2.24, 2.45) is 0 Å². The highest BCUT2D eigenvalue weighted by atomic mass is 19.4. The fourth-order valence-electron chi connectivity index (χ4n) is 2.06. The van der Waals surface area contributed by atoms with Crippen molar-refractivity contribution >= 4 is 11.7 Å². The molecule has 0 bridgehead atoms. The van der Waals surface area contributed by atoms with Crippen LogP contribution in [0.2, 0.25) is 0 Å². The van der Waals surface area contributed by atoms with Crippen molar-refractivity contribution in [2.45, 2.75) is 6.36 Å². The van der Waals surface area contributed by atoms with Crippen LogP contribution < -0.4 is 4.74 Å². The van der Waals surface area contributed by atoms with Crippen molar-refractivity contribution in [3.05, 3.63) is 58.1 Å². The lowest BCUT2D eigenvalue weighted by Gasteiger charge is -2.13. The first-order valence-electron chi connectivity index (χ1n) is 6.45. The van der Waals surface area contributed by atoms with Crippen LogP contribution in [0.3, 0.4) is 0 Å². The molecular weight excluding hydrogens is 331 g/mol. The number of alkyl halides is 3. The summed E-state index contributed by atoms with van der Waals surface area (Å²) in [7, 11) is 1.11. The molecule has 2 rings (SSSR count). The normalized spacial score (nSPS) is 11.0. The average molecular weight is 341 g/mol. The molecule has 9 heteroatoms. The van der Waals surface area contributed by atoms with E-state index in [9.17, 15) is 28.1 Å². The van der Waals surface area contributed by atoms with Crippen LogP contribution in [-0.4, -0.2) is 24.4 Å². The van der Waals surface area contributed by atoms with Gasteiger partial charge in [-0.3, -0.25) is 10.1 Å². The molecule has 0 atom stereocenters. The molecule has 0 radical (unpaired) electrons. The Morgan fingerprint density at radius 1 is 1.12 bits per heavy atom. The Balaban J connectivity index is 2.61. The van der Waals surface area contributed by atoms with E-state index in [0.717, 1.165) is 19.2 Å². The zero-order valence-electron chi connectivity index (χ0n) is 12.2. The van der Waals surface area contributed by atoms with Crippen molar-refractivity contribution < 1.29 is 32.4 Å². The second-order valence-electron chi connectivity index (χ2n) is 4.52. The first-order chi connectivity index (χ1) is 11.2. The van der Waals surface area contributed by atoms with E-state index in [-0.39, 0.29) is 16.7 Å². The van der Waals surface area contributed by atoms with Gasteiger partial charge in [0.05, 0.1) is 23.2 Å². The Labute approximate surface area is 133 Å². The number of nitrogens with zero attached hydrogens (tertiary/aromatic N) is 1. The zero-order chi connectivity index (χ0) is 17.9. The van der Waals surface area contributed by atoms with Crippen LogP contribution in [0, 0.1) is 10.1 Å². The number of esters is 1. The summed E-state index contributed by atoms with van der Waals surface area (Å²) in [6.07, 6.45) is -4.95. The lowest BCUT2D eigenvalue weighted by Crippen LogP contribution is -2.17. The lowest BCUT2D eigenvalue weighted by atomic mass is 10.0. The number of carbonyl (C=O) groups is 1. The highest BCUT2D eigenvalue weighted by molar-refractivity contribution is 5.92. The van der Waals surface area contributed by atoms with Gasteiger partial charge in [0.25, 0.3) is 5.69 Å². The molecule has 0 unspecified atom stereocenters. The van der Waals surface area contributed by atoms with Crippen LogP contribution in [-0.2, 0) is 4.74 Å². The zero-order valence-corrected chi connectivity index (χ0v) is 12.2. The monoisotopic (exact) mass is 341 g/mol. The predicted molar refractivity (Wildman–Crippen MR) is 76.6 cm³/mol. The Bertz CT molecular complexity index is 789. The summed E-state index contributed by atoms with van der Waals surface area (Å²) in [6, 6.07) is 8.34. The van der Waals surface area contributed by atoms with E-state index >= 15 is 0 Å². The van der Waals surface area contributed by atoms with Gasteiger partial charge in [-0.15, -0.1) is 13.2 Å². The molecule has 0 spiro atoms. The number of para-hydroxylation sites is 1. The molecule has 2 aromatic carbocycles. The van der Waals surface area contributed by atoms with Crippen LogP contribution in [0.5, 0.6) is 5.75 Å². The molecule has 24 heavy (non-hydrogen) atoms. The van der Waals surface area contributed by atoms with Gasteiger partial charge in [-0.1, -0.05) is 18.2 Å². The molecule has 0 aliphatic carbocycles. The van der Waals surface area contributed by atoms with Crippen LogP contribution in [0.1, 0.15) is 10.4 Å². The molecule has 2 aromatic rings. The SMILES string of the molecule is COC(=O)c1ccc(-c2ccccc2OC(F)(F)F)c([N+](=O)[O-])c1. The van der Waals surface area contributed by atoms with Gasteiger partial charge in [0.15, 0.2) is 0 Å². The number of benzene rings is 2. The van der Waals surface area contributed by atoms with Gasteiger partial charge < -0.3 is 9.47 Å². The number of methoxy groups -OCH3 is 1. The molecule has 0 amide bonds. The van der Waals surface area contributed by atoms with E-state index in [1.54, 1.807) is 0 Å². The molecular formula is C15H10F3NO5. The number of halogens is 3. The Hall–Kier alpha value is -3.10. The molecule has 0 saturated carbocycles. The second-order valence-corrected chi connectivity index (χ2v) is 4.52. The molecule has 0 N–H and O–H groups in total. The van der Waals surface area contributed by atoms with Crippen LogP contribution >= 0.6 is 0 Å². The first kappa shape index (κ1) is 17.3. The summed E-state index contributed by atoms with van der Waals surface area (Å²) in [5.41, 5.74) is -0.885. The first-order valence-corrected chi connectivity index (χ1v) is 6.45. The molecule has 0 aliphatic heterocycles. The number of nitro groups is 1. The van der Waals surface area contributed by atoms with Crippen molar-refractivity contribution in [3.63, 3.8) is 0 Å². The van der Waals surface area contributed by atoms with E-state index in [1.807, 2.05) is 0 Å². The summed E-state index contributed by atoms with van der Waals surface area (Å²) in [5, 5.41) is 11.2. The molecule has 0 aromatic heterocycles. The minimum Gasteiger partial charge on any atom is -0.465 e. The van der Waals surface area contributed by atoms with E-state index in [1.165, 1.54) is 30.3 Å². The number of ether oxygens (including phenoxy) is 2. The topological polar surface area (TPSA) is 78.7 Å². The number of rotatable bonds is 4. The molecule has 0 aliphatic rings. The van der Waals surface area contributed by atoms with Crippen molar-refractivity contribution in [1.82, 2.24) is 0 Å². The third-order valence-corrected chi connectivity index (χ3v) is 3.02. The number of nitro benzene ring substituents is 1. The maximum absolute atomic E-state index is 12.5. The molecule has 0 fully saturated rings. The summed E-state index contributed by atoms with van der Waals surface area (Å²) >= 11 is 0. The Kier molecular flexibility index (Phi) is 4.72. The van der Waals surface area contributed by atoms with E-state index in [0.29, 0.717) is 0 Å². The molecule has 6 nitrogen and oxygen atoms in total. The van der Waals surface area contributed by atoms with Gasteiger partial charge >= 0.3 is 12.3 Å². The highest BCUT2D eigenvalue weighted by Gasteiger charge is 2.33. The van der Waals surface area contributed by atoms with Gasteiger partial charge in [-0.05, 0) is 18.2 Å². The highest BCUT2D eigenvalue weighted by Crippen LogP contribution is 2.38. The Morgan fingerprint density at radius 3 is 2.38 bits per heavy atom. The largest absolute Gasteiger partial charge is 0.573 e. The summed E-state index contributed by atoms with van der Waals surface area (Å²) in [5.74, 6) is -1.39. The smallest absolute Gasteiger partial charge is 0.465 e. The van der Waals surface area contributed by atoms with Crippen molar-refractivity contribution in [1.29, 1.82) is 0 Å². The summed E-state index contributed by atoms with van der Waals surface area (Å²) < 4.78 is 45.9. The fourth-order valence-corrected chi connectivity index (χ4v) is 2.06. The van der Waals surface area contributed by atoms with Gasteiger partial charge in [0.1, 0.15) is 5.75 Å². The maximum Gasteiger partial charge on any atom is 0.573 e. The quantitative estimate of drug-likeness (QED) is 0.478. The average Bonchev–Trinajstić information content (AvgIpc) is 2.52. The van der Waals surface area contributed by atoms with Gasteiger partial charge in [-0.25, -0.2) is 4.79 Å². The lowest BCUT2D eigenvalue weighted by molar-refractivity contribution is -0.384. The maximum atomic E-state index is 12.5.